The highest BCUT2D eigenvalue weighted by Gasteiger charge is 2.37. The number of hydrogen-bond donors (Lipinski definition) is 1. The van der Waals surface area contributed by atoms with Crippen molar-refractivity contribution in [2.75, 3.05) is 19.9 Å². The highest BCUT2D eigenvalue weighted by molar-refractivity contribution is 7.88. The minimum absolute atomic E-state index is 0.303. The van der Waals surface area contributed by atoms with Crippen LogP contribution in [0.2, 0.25) is 0 Å². The van der Waals surface area contributed by atoms with Crippen LogP contribution in [0.5, 0.6) is 5.75 Å². The largest absolute Gasteiger partial charge is 0.493 e. The van der Waals surface area contributed by atoms with Gasteiger partial charge >= 0.3 is 0 Å². The number of amides is 1. The van der Waals surface area contributed by atoms with Crippen molar-refractivity contribution < 1.29 is 22.4 Å². The van der Waals surface area contributed by atoms with E-state index in [4.69, 9.17) is 9.15 Å². The molecule has 1 amide bonds. The molecule has 0 bridgehead atoms. The zero-order valence-corrected chi connectivity index (χ0v) is 15.3. The van der Waals surface area contributed by atoms with E-state index in [1.54, 1.807) is 13.2 Å². The van der Waals surface area contributed by atoms with Crippen LogP contribution in [0.4, 0.5) is 0 Å². The van der Waals surface area contributed by atoms with Crippen LogP contribution >= 0.6 is 0 Å². The molecule has 8 heteroatoms. The zero-order chi connectivity index (χ0) is 18.2. The molecule has 3 rings (SSSR count). The summed E-state index contributed by atoms with van der Waals surface area (Å²) < 4.78 is 36.0. The van der Waals surface area contributed by atoms with Crippen molar-refractivity contribution >= 4 is 26.9 Å². The van der Waals surface area contributed by atoms with E-state index in [0.717, 1.165) is 11.6 Å². The van der Waals surface area contributed by atoms with E-state index < -0.39 is 16.1 Å². The monoisotopic (exact) mass is 366 g/mol. The van der Waals surface area contributed by atoms with Gasteiger partial charge in [-0.3, -0.25) is 4.79 Å². The molecule has 1 aliphatic heterocycles. The van der Waals surface area contributed by atoms with Crippen molar-refractivity contribution in [1.82, 2.24) is 9.62 Å². The summed E-state index contributed by atoms with van der Waals surface area (Å²) in [5.74, 6) is 0.918. The maximum atomic E-state index is 12.5. The van der Waals surface area contributed by atoms with E-state index in [9.17, 15) is 13.2 Å². The molecule has 1 aliphatic rings. The smallest absolute Gasteiger partial charge is 0.239 e. The van der Waals surface area contributed by atoms with Crippen LogP contribution in [-0.4, -0.2) is 44.6 Å². The molecule has 1 aromatic heterocycles. The summed E-state index contributed by atoms with van der Waals surface area (Å²) in [5.41, 5.74) is 0.625. The third-order valence-electron chi connectivity index (χ3n) is 4.46. The minimum atomic E-state index is -3.39. The lowest BCUT2D eigenvalue weighted by Crippen LogP contribution is -2.46. The fourth-order valence-electron chi connectivity index (χ4n) is 3.21. The summed E-state index contributed by atoms with van der Waals surface area (Å²) in [7, 11) is -1.82. The Hall–Kier alpha value is -2.06. The fraction of sp³-hybridized carbons (Fsp3) is 0.471. The zero-order valence-electron chi connectivity index (χ0n) is 14.5. The number of sulfonamides is 1. The van der Waals surface area contributed by atoms with Crippen molar-refractivity contribution in [3.05, 3.63) is 30.0 Å². The molecule has 0 aliphatic carbocycles. The number of ether oxygens (including phenoxy) is 1. The lowest BCUT2D eigenvalue weighted by Gasteiger charge is -2.22. The van der Waals surface area contributed by atoms with Gasteiger partial charge in [0.25, 0.3) is 0 Å². The molecular weight excluding hydrogens is 344 g/mol. The molecule has 0 saturated carbocycles. The van der Waals surface area contributed by atoms with Crippen molar-refractivity contribution in [3.63, 3.8) is 0 Å². The van der Waals surface area contributed by atoms with Gasteiger partial charge in [0.05, 0.1) is 19.4 Å². The molecule has 2 aromatic rings. The van der Waals surface area contributed by atoms with E-state index >= 15 is 0 Å². The molecule has 7 nitrogen and oxygen atoms in total. The number of carbonyl (C=O) groups is 1. The van der Waals surface area contributed by atoms with Gasteiger partial charge in [-0.1, -0.05) is 12.1 Å². The first-order valence-corrected chi connectivity index (χ1v) is 9.99. The number of nitrogens with zero attached hydrogens (tertiary/aromatic N) is 1. The molecule has 25 heavy (non-hydrogen) atoms. The van der Waals surface area contributed by atoms with Gasteiger partial charge in [-0.25, -0.2) is 8.42 Å². The van der Waals surface area contributed by atoms with Gasteiger partial charge in [0.1, 0.15) is 11.8 Å². The molecule has 0 radical (unpaired) electrons. The number of benzene rings is 1. The van der Waals surface area contributed by atoms with E-state index in [-0.39, 0.29) is 11.9 Å². The summed E-state index contributed by atoms with van der Waals surface area (Å²) in [6.07, 6.45) is 2.34. The second kappa shape index (κ2) is 6.68. The Morgan fingerprint density at radius 1 is 1.44 bits per heavy atom. The molecule has 0 spiro atoms. The molecule has 1 N–H and O–H groups in total. The maximum Gasteiger partial charge on any atom is 0.239 e. The second-order valence-electron chi connectivity index (χ2n) is 6.29. The molecule has 2 heterocycles. The average Bonchev–Trinajstić information content (AvgIpc) is 3.20. The predicted molar refractivity (Wildman–Crippen MR) is 93.9 cm³/mol. The molecular formula is C17H22N2O5S. The standard InChI is InChI=1S/C17H22N2O5S/c1-11(15-10-12-6-4-8-14(23-2)16(12)24-15)18-17(20)13-7-5-9-19(13)25(3,21)22/h4,6,8,10-11,13H,5,7,9H2,1-3H3,(H,18,20)/t11-,13-/m0/s1. The Morgan fingerprint density at radius 3 is 2.88 bits per heavy atom. The van der Waals surface area contributed by atoms with Crippen LogP contribution in [0.1, 0.15) is 31.6 Å². The lowest BCUT2D eigenvalue weighted by atomic mass is 10.1. The van der Waals surface area contributed by atoms with Crippen LogP contribution in [0, 0.1) is 0 Å². The summed E-state index contributed by atoms with van der Waals surface area (Å²) in [4.78, 5) is 12.5. The van der Waals surface area contributed by atoms with E-state index in [0.29, 0.717) is 36.5 Å². The Kier molecular flexibility index (Phi) is 4.75. The Labute approximate surface area is 147 Å². The van der Waals surface area contributed by atoms with Gasteiger partial charge in [0, 0.05) is 11.9 Å². The topological polar surface area (TPSA) is 88.9 Å². The summed E-state index contributed by atoms with van der Waals surface area (Å²) in [6.45, 7) is 2.19. The third kappa shape index (κ3) is 3.50. The average molecular weight is 366 g/mol. The SMILES string of the molecule is COc1cccc2cc([C@H](C)NC(=O)[C@@H]3CCCN3S(C)(=O)=O)oc12. The molecule has 1 fully saturated rings. The van der Waals surface area contributed by atoms with Crippen LogP contribution < -0.4 is 10.1 Å². The first-order valence-electron chi connectivity index (χ1n) is 8.15. The summed E-state index contributed by atoms with van der Waals surface area (Å²) in [5, 5.41) is 3.74. The number of nitrogens with one attached hydrogen (secondary N) is 1. The fourth-order valence-corrected chi connectivity index (χ4v) is 4.33. The van der Waals surface area contributed by atoms with Gasteiger partial charge < -0.3 is 14.5 Å². The van der Waals surface area contributed by atoms with Crippen molar-refractivity contribution in [1.29, 1.82) is 0 Å². The minimum Gasteiger partial charge on any atom is -0.493 e. The van der Waals surface area contributed by atoms with Crippen molar-refractivity contribution in [3.8, 4) is 5.75 Å². The first-order chi connectivity index (χ1) is 11.8. The van der Waals surface area contributed by atoms with Gasteiger partial charge in [-0.05, 0) is 31.9 Å². The third-order valence-corrected chi connectivity index (χ3v) is 5.75. The number of hydrogen-bond acceptors (Lipinski definition) is 5. The van der Waals surface area contributed by atoms with Crippen LogP contribution in [0.3, 0.4) is 0 Å². The van der Waals surface area contributed by atoms with Gasteiger partial charge in [-0.15, -0.1) is 0 Å². The quantitative estimate of drug-likeness (QED) is 0.875. The number of para-hydroxylation sites is 1. The molecule has 1 saturated heterocycles. The number of carbonyl (C=O) groups excluding carboxylic acids is 1. The van der Waals surface area contributed by atoms with Crippen LogP contribution in [0.25, 0.3) is 11.0 Å². The molecule has 2 atom stereocenters. The lowest BCUT2D eigenvalue weighted by molar-refractivity contribution is -0.125. The van der Waals surface area contributed by atoms with E-state index in [1.165, 1.54) is 4.31 Å². The highest BCUT2D eigenvalue weighted by Crippen LogP contribution is 2.31. The van der Waals surface area contributed by atoms with Crippen molar-refractivity contribution in [2.45, 2.75) is 31.8 Å². The maximum absolute atomic E-state index is 12.5. The summed E-state index contributed by atoms with van der Waals surface area (Å²) in [6, 6.07) is 6.39. The summed E-state index contributed by atoms with van der Waals surface area (Å²) >= 11 is 0. The van der Waals surface area contributed by atoms with Gasteiger partial charge in [-0.2, -0.15) is 4.31 Å². The number of furan rings is 1. The normalized spacial score (nSPS) is 19.9. The molecule has 1 aromatic carbocycles. The molecule has 0 unspecified atom stereocenters. The first kappa shape index (κ1) is 17.8. The molecule has 136 valence electrons. The highest BCUT2D eigenvalue weighted by atomic mass is 32.2. The second-order valence-corrected chi connectivity index (χ2v) is 8.22. The Morgan fingerprint density at radius 2 is 2.20 bits per heavy atom. The van der Waals surface area contributed by atoms with E-state index in [1.807, 2.05) is 25.1 Å². The number of rotatable bonds is 5. The van der Waals surface area contributed by atoms with Crippen LogP contribution in [0.15, 0.2) is 28.7 Å². The predicted octanol–water partition coefficient (Wildman–Crippen LogP) is 2.04. The van der Waals surface area contributed by atoms with Crippen LogP contribution in [-0.2, 0) is 14.8 Å². The Balaban J connectivity index is 1.78. The van der Waals surface area contributed by atoms with E-state index in [2.05, 4.69) is 5.32 Å². The van der Waals surface area contributed by atoms with Crippen molar-refractivity contribution in [2.24, 2.45) is 0 Å². The van der Waals surface area contributed by atoms with Gasteiger partial charge in [0.2, 0.25) is 15.9 Å². The number of methoxy groups -OCH3 is 1. The number of fused-ring (bicyclic) bond motifs is 1. The van der Waals surface area contributed by atoms with Gasteiger partial charge in [0.15, 0.2) is 11.3 Å². The Bertz CT molecular complexity index is 890.